The van der Waals surface area contributed by atoms with Gasteiger partial charge < -0.3 is 0 Å². The van der Waals surface area contributed by atoms with Crippen molar-refractivity contribution in [2.24, 2.45) is 0 Å². The summed E-state index contributed by atoms with van der Waals surface area (Å²) < 4.78 is 0. The van der Waals surface area contributed by atoms with Gasteiger partial charge in [0.1, 0.15) is 5.15 Å². The van der Waals surface area contributed by atoms with E-state index < -0.39 is 0 Å². The first kappa shape index (κ1) is 14.0. The van der Waals surface area contributed by atoms with E-state index in [1.54, 1.807) is 6.20 Å². The van der Waals surface area contributed by atoms with E-state index in [-0.39, 0.29) is 0 Å². The van der Waals surface area contributed by atoms with Crippen LogP contribution in [-0.4, -0.2) is 15.9 Å². The first-order chi connectivity index (χ1) is 9.15. The fourth-order valence-corrected chi connectivity index (χ4v) is 2.21. The molecule has 19 heavy (non-hydrogen) atoms. The summed E-state index contributed by atoms with van der Waals surface area (Å²) in [6, 6.07) is 15.0. The third-order valence-electron chi connectivity index (χ3n) is 3.14. The summed E-state index contributed by atoms with van der Waals surface area (Å²) in [5.41, 5.74) is 2.53. The summed E-state index contributed by atoms with van der Waals surface area (Å²) in [5, 5.41) is 0.556. The number of benzene rings is 1. The summed E-state index contributed by atoms with van der Waals surface area (Å²) in [6.45, 7) is 6.25. The Morgan fingerprint density at radius 2 is 1.74 bits per heavy atom. The Balaban J connectivity index is 2.08. The van der Waals surface area contributed by atoms with Gasteiger partial charge in [-0.05, 0) is 37.1 Å². The molecule has 1 heterocycles. The molecule has 100 valence electrons. The maximum absolute atomic E-state index is 5.94. The molecule has 1 aromatic carbocycles. The Labute approximate surface area is 120 Å². The van der Waals surface area contributed by atoms with Crippen molar-refractivity contribution < 1.29 is 0 Å². The van der Waals surface area contributed by atoms with Crippen LogP contribution < -0.4 is 0 Å². The molecule has 2 rings (SSSR count). The monoisotopic (exact) mass is 274 g/mol. The van der Waals surface area contributed by atoms with Gasteiger partial charge in [-0.15, -0.1) is 0 Å². The third kappa shape index (κ3) is 4.34. The van der Waals surface area contributed by atoms with Crippen LogP contribution in [0.1, 0.15) is 25.0 Å². The van der Waals surface area contributed by atoms with E-state index in [0.717, 1.165) is 13.1 Å². The summed E-state index contributed by atoms with van der Waals surface area (Å²) in [6.07, 6.45) is 1.76. The van der Waals surface area contributed by atoms with Crippen molar-refractivity contribution in [1.29, 1.82) is 0 Å². The second-order valence-corrected chi connectivity index (χ2v) is 5.36. The van der Waals surface area contributed by atoms with Gasteiger partial charge in [0.25, 0.3) is 0 Å². The average Bonchev–Trinajstić information content (AvgIpc) is 2.39. The maximum Gasteiger partial charge on any atom is 0.129 e. The van der Waals surface area contributed by atoms with Crippen molar-refractivity contribution in [1.82, 2.24) is 9.88 Å². The predicted octanol–water partition coefficient (Wildman–Crippen LogP) is 4.15. The SMILES string of the molecule is CC(C)N(Cc1ccccc1)Cc1ccnc(Cl)c1. The Hall–Kier alpha value is -1.38. The summed E-state index contributed by atoms with van der Waals surface area (Å²) >= 11 is 5.94. The predicted molar refractivity (Wildman–Crippen MR) is 80.1 cm³/mol. The van der Waals surface area contributed by atoms with Crippen molar-refractivity contribution in [3.8, 4) is 0 Å². The van der Waals surface area contributed by atoms with Gasteiger partial charge >= 0.3 is 0 Å². The molecule has 0 spiro atoms. The molecule has 0 unspecified atom stereocenters. The molecule has 0 atom stereocenters. The zero-order valence-electron chi connectivity index (χ0n) is 11.4. The highest BCUT2D eigenvalue weighted by Crippen LogP contribution is 2.14. The van der Waals surface area contributed by atoms with Crippen molar-refractivity contribution in [3.05, 3.63) is 64.9 Å². The van der Waals surface area contributed by atoms with E-state index >= 15 is 0 Å². The Kier molecular flexibility index (Phi) is 4.94. The summed E-state index contributed by atoms with van der Waals surface area (Å²) in [4.78, 5) is 6.44. The molecule has 0 radical (unpaired) electrons. The number of hydrogen-bond donors (Lipinski definition) is 0. The number of pyridine rings is 1. The molecule has 2 aromatic rings. The quantitative estimate of drug-likeness (QED) is 0.762. The van der Waals surface area contributed by atoms with Crippen LogP contribution in [-0.2, 0) is 13.1 Å². The first-order valence-electron chi connectivity index (χ1n) is 6.53. The van der Waals surface area contributed by atoms with E-state index in [0.29, 0.717) is 11.2 Å². The fraction of sp³-hybridized carbons (Fsp3) is 0.312. The fourth-order valence-electron chi connectivity index (χ4n) is 2.01. The van der Waals surface area contributed by atoms with Gasteiger partial charge in [0.2, 0.25) is 0 Å². The highest BCUT2D eigenvalue weighted by atomic mass is 35.5. The number of halogens is 1. The van der Waals surface area contributed by atoms with Crippen molar-refractivity contribution in [2.45, 2.75) is 33.0 Å². The Bertz CT molecular complexity index is 511. The Morgan fingerprint density at radius 1 is 1.05 bits per heavy atom. The number of aromatic nitrogens is 1. The van der Waals surface area contributed by atoms with Gasteiger partial charge in [0.05, 0.1) is 0 Å². The lowest BCUT2D eigenvalue weighted by molar-refractivity contribution is 0.203. The van der Waals surface area contributed by atoms with E-state index in [1.807, 2.05) is 18.2 Å². The maximum atomic E-state index is 5.94. The second-order valence-electron chi connectivity index (χ2n) is 4.97. The molecule has 1 aromatic heterocycles. The number of rotatable bonds is 5. The molecule has 0 N–H and O–H groups in total. The molecular weight excluding hydrogens is 256 g/mol. The molecule has 3 heteroatoms. The van der Waals surface area contributed by atoms with Crippen LogP contribution in [0.15, 0.2) is 48.7 Å². The smallest absolute Gasteiger partial charge is 0.129 e. The van der Waals surface area contributed by atoms with Crippen LogP contribution in [0.3, 0.4) is 0 Å². The standard InChI is InChI=1S/C16H19ClN2/c1-13(2)19(11-14-6-4-3-5-7-14)12-15-8-9-18-16(17)10-15/h3-10,13H,11-12H2,1-2H3. The van der Waals surface area contributed by atoms with Gasteiger partial charge in [-0.1, -0.05) is 41.9 Å². The minimum atomic E-state index is 0.479. The zero-order chi connectivity index (χ0) is 13.7. The molecule has 0 amide bonds. The van der Waals surface area contributed by atoms with Gasteiger partial charge in [0, 0.05) is 25.3 Å². The molecule has 0 aliphatic rings. The molecule has 0 saturated carbocycles. The average molecular weight is 275 g/mol. The normalized spacial score (nSPS) is 11.2. The lowest BCUT2D eigenvalue weighted by Crippen LogP contribution is -2.29. The van der Waals surface area contributed by atoms with E-state index in [1.165, 1.54) is 11.1 Å². The lowest BCUT2D eigenvalue weighted by Gasteiger charge is -2.26. The highest BCUT2D eigenvalue weighted by Gasteiger charge is 2.11. The first-order valence-corrected chi connectivity index (χ1v) is 6.91. The summed E-state index contributed by atoms with van der Waals surface area (Å²) in [5.74, 6) is 0. The van der Waals surface area contributed by atoms with Crippen LogP contribution in [0.2, 0.25) is 5.15 Å². The zero-order valence-corrected chi connectivity index (χ0v) is 12.1. The third-order valence-corrected chi connectivity index (χ3v) is 3.34. The van der Waals surface area contributed by atoms with Gasteiger partial charge in [-0.3, -0.25) is 4.90 Å². The minimum absolute atomic E-state index is 0.479. The van der Waals surface area contributed by atoms with Crippen LogP contribution >= 0.6 is 11.6 Å². The molecule has 0 aliphatic carbocycles. The molecule has 0 saturated heterocycles. The van der Waals surface area contributed by atoms with Crippen LogP contribution in [0, 0.1) is 0 Å². The van der Waals surface area contributed by atoms with Gasteiger partial charge in [-0.2, -0.15) is 0 Å². The van der Waals surface area contributed by atoms with Crippen molar-refractivity contribution in [3.63, 3.8) is 0 Å². The molecule has 0 aliphatic heterocycles. The van der Waals surface area contributed by atoms with Crippen molar-refractivity contribution >= 4 is 11.6 Å². The molecular formula is C16H19ClN2. The second kappa shape index (κ2) is 6.69. The van der Waals surface area contributed by atoms with Crippen LogP contribution in [0.4, 0.5) is 0 Å². The number of nitrogens with zero attached hydrogens (tertiary/aromatic N) is 2. The van der Waals surface area contributed by atoms with Crippen LogP contribution in [0.25, 0.3) is 0 Å². The molecule has 0 fully saturated rings. The summed E-state index contributed by atoms with van der Waals surface area (Å²) in [7, 11) is 0. The van der Waals surface area contributed by atoms with Crippen molar-refractivity contribution in [2.75, 3.05) is 0 Å². The van der Waals surface area contributed by atoms with Crippen LogP contribution in [0.5, 0.6) is 0 Å². The number of hydrogen-bond acceptors (Lipinski definition) is 2. The van der Waals surface area contributed by atoms with E-state index in [2.05, 4.69) is 48.0 Å². The Morgan fingerprint density at radius 3 is 2.37 bits per heavy atom. The lowest BCUT2D eigenvalue weighted by atomic mass is 10.1. The molecule has 2 nitrogen and oxygen atoms in total. The molecule has 0 bridgehead atoms. The highest BCUT2D eigenvalue weighted by molar-refractivity contribution is 6.29. The minimum Gasteiger partial charge on any atom is -0.292 e. The van der Waals surface area contributed by atoms with Gasteiger partial charge in [0.15, 0.2) is 0 Å². The van der Waals surface area contributed by atoms with Gasteiger partial charge in [-0.25, -0.2) is 4.98 Å². The largest absolute Gasteiger partial charge is 0.292 e. The topological polar surface area (TPSA) is 16.1 Å². The van der Waals surface area contributed by atoms with E-state index in [9.17, 15) is 0 Å². The van der Waals surface area contributed by atoms with E-state index in [4.69, 9.17) is 11.6 Å².